The molecular weight excluding hydrogens is 389 g/mol. The molecular formula is C21H18FN5OS. The molecule has 4 rings (SSSR count). The highest BCUT2D eigenvalue weighted by Crippen LogP contribution is 2.49. The van der Waals surface area contributed by atoms with E-state index in [1.165, 1.54) is 42.2 Å². The number of fused-ring (bicyclic) bond motifs is 1. The fourth-order valence-electron chi connectivity index (χ4n) is 3.77. The van der Waals surface area contributed by atoms with Crippen LogP contribution in [0, 0.1) is 17.1 Å². The molecule has 1 aromatic carbocycles. The van der Waals surface area contributed by atoms with Gasteiger partial charge in [0, 0.05) is 17.4 Å². The quantitative estimate of drug-likeness (QED) is 0.798. The highest BCUT2D eigenvalue weighted by Gasteiger charge is 2.42. The van der Waals surface area contributed by atoms with Gasteiger partial charge in [0.2, 0.25) is 0 Å². The van der Waals surface area contributed by atoms with E-state index in [1.54, 1.807) is 6.07 Å². The summed E-state index contributed by atoms with van der Waals surface area (Å²) in [6.45, 7) is 0. The second kappa shape index (κ2) is 7.68. The molecule has 2 heterocycles. The third-order valence-corrected chi connectivity index (χ3v) is 5.92. The van der Waals surface area contributed by atoms with E-state index in [0.717, 1.165) is 24.8 Å². The Kier molecular flexibility index (Phi) is 5.07. The van der Waals surface area contributed by atoms with E-state index in [2.05, 4.69) is 15.3 Å². The highest BCUT2D eigenvalue weighted by molar-refractivity contribution is 8.16. The Bertz CT molecular complexity index is 1070. The summed E-state index contributed by atoms with van der Waals surface area (Å²) >= 11 is 1.36. The summed E-state index contributed by atoms with van der Waals surface area (Å²) in [7, 11) is 0. The molecule has 1 saturated carbocycles. The average molecular weight is 407 g/mol. The van der Waals surface area contributed by atoms with Crippen LogP contribution in [0.5, 0.6) is 0 Å². The van der Waals surface area contributed by atoms with Crippen molar-refractivity contribution in [3.63, 3.8) is 0 Å². The fourth-order valence-corrected chi connectivity index (χ4v) is 4.56. The molecule has 1 aromatic heterocycles. The number of nitrogens with two attached hydrogens (primary N) is 1. The molecule has 0 bridgehead atoms. The Balaban J connectivity index is 1.67. The lowest BCUT2D eigenvalue weighted by molar-refractivity contribution is 0.102. The molecule has 3 N–H and O–H groups in total. The van der Waals surface area contributed by atoms with Crippen LogP contribution in [-0.4, -0.2) is 16.1 Å². The second-order valence-corrected chi connectivity index (χ2v) is 7.86. The predicted octanol–water partition coefficient (Wildman–Crippen LogP) is 4.06. The first kappa shape index (κ1) is 19.2. The maximum absolute atomic E-state index is 14.9. The number of pyridine rings is 1. The van der Waals surface area contributed by atoms with Gasteiger partial charge in [-0.15, -0.1) is 0 Å². The van der Waals surface area contributed by atoms with E-state index in [-0.39, 0.29) is 11.5 Å². The molecule has 6 nitrogen and oxygen atoms in total. The summed E-state index contributed by atoms with van der Waals surface area (Å²) in [5.74, 6) is -0.818. The molecule has 1 amide bonds. The standard InChI is InChI=1S/C21H18FN5OS/c22-17-6-5-15(26-19(28)18-7-4-13(10-23)11-25-18)9-16(17)21-8-2-1-3-14(21)12-29-20(24)27-21/h4-7,9,11-12H,1-3,8H2,(H2,24,27)(H,26,28). The van der Waals surface area contributed by atoms with Crippen LogP contribution < -0.4 is 11.1 Å². The monoisotopic (exact) mass is 407 g/mol. The van der Waals surface area contributed by atoms with E-state index in [0.29, 0.717) is 28.4 Å². The zero-order valence-corrected chi connectivity index (χ0v) is 16.3. The van der Waals surface area contributed by atoms with Crippen molar-refractivity contribution in [2.45, 2.75) is 31.2 Å². The topological polar surface area (TPSA) is 104 Å². The Morgan fingerprint density at radius 2 is 2.17 bits per heavy atom. The molecule has 1 atom stereocenters. The number of amidine groups is 1. The number of halogens is 1. The molecule has 1 aliphatic heterocycles. The zero-order valence-electron chi connectivity index (χ0n) is 15.5. The summed E-state index contributed by atoms with van der Waals surface area (Å²) in [6.07, 6.45) is 4.80. The molecule has 0 radical (unpaired) electrons. The minimum absolute atomic E-state index is 0.169. The van der Waals surface area contributed by atoms with Gasteiger partial charge in [-0.1, -0.05) is 18.2 Å². The van der Waals surface area contributed by atoms with Crippen molar-refractivity contribution in [3.8, 4) is 6.07 Å². The van der Waals surface area contributed by atoms with E-state index in [4.69, 9.17) is 11.0 Å². The van der Waals surface area contributed by atoms with Crippen LogP contribution in [0.15, 0.2) is 52.5 Å². The number of benzene rings is 1. The van der Waals surface area contributed by atoms with Crippen molar-refractivity contribution in [3.05, 3.63) is 70.1 Å². The van der Waals surface area contributed by atoms with Crippen molar-refractivity contribution in [2.75, 3.05) is 5.32 Å². The Morgan fingerprint density at radius 3 is 2.93 bits per heavy atom. The van der Waals surface area contributed by atoms with Crippen LogP contribution in [-0.2, 0) is 5.54 Å². The first-order valence-corrected chi connectivity index (χ1v) is 10.1. The number of rotatable bonds is 3. The van der Waals surface area contributed by atoms with Crippen LogP contribution >= 0.6 is 11.8 Å². The number of nitrogens with one attached hydrogen (secondary N) is 1. The summed E-state index contributed by atoms with van der Waals surface area (Å²) < 4.78 is 14.9. The molecule has 146 valence electrons. The molecule has 0 saturated heterocycles. The molecule has 1 fully saturated rings. The molecule has 1 unspecified atom stereocenters. The van der Waals surface area contributed by atoms with Crippen molar-refractivity contribution >= 4 is 28.5 Å². The summed E-state index contributed by atoms with van der Waals surface area (Å²) in [5, 5.41) is 14.0. The SMILES string of the molecule is N#Cc1ccc(C(=O)Nc2ccc(F)c(C34CCCCC3=CSC(N)=N4)c2)nc1. The number of aliphatic imine (C=N–C) groups is 1. The minimum atomic E-state index is -0.814. The second-order valence-electron chi connectivity index (χ2n) is 6.97. The predicted molar refractivity (Wildman–Crippen MR) is 111 cm³/mol. The summed E-state index contributed by atoms with van der Waals surface area (Å²) in [5.41, 5.74) is 7.62. The van der Waals surface area contributed by atoms with E-state index in [1.807, 2.05) is 11.5 Å². The number of nitriles is 1. The normalized spacial score (nSPS) is 20.7. The molecule has 2 aromatic rings. The van der Waals surface area contributed by atoms with Crippen LogP contribution in [0.25, 0.3) is 0 Å². The van der Waals surface area contributed by atoms with Crippen LogP contribution in [0.3, 0.4) is 0 Å². The third kappa shape index (κ3) is 3.61. The van der Waals surface area contributed by atoms with E-state index < -0.39 is 11.4 Å². The number of thioether (sulfide) groups is 1. The van der Waals surface area contributed by atoms with E-state index in [9.17, 15) is 9.18 Å². The van der Waals surface area contributed by atoms with Gasteiger partial charge in [0.15, 0.2) is 5.17 Å². The van der Waals surface area contributed by atoms with Gasteiger partial charge in [-0.05, 0) is 60.6 Å². The Morgan fingerprint density at radius 1 is 1.31 bits per heavy atom. The number of anilines is 1. The summed E-state index contributed by atoms with van der Waals surface area (Å²) in [4.78, 5) is 21.2. The smallest absolute Gasteiger partial charge is 0.274 e. The zero-order chi connectivity index (χ0) is 20.4. The van der Waals surface area contributed by atoms with Crippen molar-refractivity contribution in [2.24, 2.45) is 10.7 Å². The Hall–Kier alpha value is -3.18. The van der Waals surface area contributed by atoms with Gasteiger partial charge in [0.25, 0.3) is 5.91 Å². The largest absolute Gasteiger partial charge is 0.378 e. The third-order valence-electron chi connectivity index (χ3n) is 5.18. The number of hydrogen-bond donors (Lipinski definition) is 2. The number of aromatic nitrogens is 1. The first-order chi connectivity index (χ1) is 14.0. The first-order valence-electron chi connectivity index (χ1n) is 9.21. The van der Waals surface area contributed by atoms with Crippen molar-refractivity contribution in [1.29, 1.82) is 5.26 Å². The lowest BCUT2D eigenvalue weighted by Crippen LogP contribution is -2.35. The molecule has 8 heteroatoms. The number of amides is 1. The van der Waals surface area contributed by atoms with Crippen molar-refractivity contribution < 1.29 is 9.18 Å². The number of carbonyl (C=O) groups excluding carboxylic acids is 1. The van der Waals surface area contributed by atoms with Crippen LogP contribution in [0.1, 0.15) is 47.3 Å². The maximum atomic E-state index is 14.9. The number of hydrogen-bond acceptors (Lipinski definition) is 6. The lowest BCUT2D eigenvalue weighted by atomic mass is 9.73. The van der Waals surface area contributed by atoms with Gasteiger partial charge < -0.3 is 11.1 Å². The fraction of sp³-hybridized carbons (Fsp3) is 0.238. The summed E-state index contributed by atoms with van der Waals surface area (Å²) in [6, 6.07) is 9.43. The highest BCUT2D eigenvalue weighted by atomic mass is 32.2. The van der Waals surface area contributed by atoms with Gasteiger partial charge in [-0.3, -0.25) is 4.79 Å². The number of nitrogens with zero attached hydrogens (tertiary/aromatic N) is 3. The minimum Gasteiger partial charge on any atom is -0.378 e. The number of carbonyl (C=O) groups is 1. The van der Waals surface area contributed by atoms with Gasteiger partial charge >= 0.3 is 0 Å². The van der Waals surface area contributed by atoms with Gasteiger partial charge in [0.05, 0.1) is 5.56 Å². The Labute approximate surface area is 171 Å². The van der Waals surface area contributed by atoms with Crippen molar-refractivity contribution in [1.82, 2.24) is 4.98 Å². The molecule has 0 spiro atoms. The van der Waals surface area contributed by atoms with Crippen LogP contribution in [0.2, 0.25) is 0 Å². The average Bonchev–Trinajstić information content (AvgIpc) is 2.74. The van der Waals surface area contributed by atoms with Gasteiger partial charge in [0.1, 0.15) is 23.1 Å². The maximum Gasteiger partial charge on any atom is 0.274 e. The van der Waals surface area contributed by atoms with Gasteiger partial charge in [-0.2, -0.15) is 5.26 Å². The lowest BCUT2D eigenvalue weighted by Gasteiger charge is -2.39. The van der Waals surface area contributed by atoms with Crippen LogP contribution in [0.4, 0.5) is 10.1 Å². The van der Waals surface area contributed by atoms with Gasteiger partial charge in [-0.25, -0.2) is 14.4 Å². The molecule has 29 heavy (non-hydrogen) atoms. The van der Waals surface area contributed by atoms with E-state index >= 15 is 0 Å². The molecule has 2 aliphatic rings. The molecule has 1 aliphatic carbocycles.